The van der Waals surface area contributed by atoms with Crippen molar-refractivity contribution in [1.29, 1.82) is 0 Å². The molecule has 4 aromatic rings. The van der Waals surface area contributed by atoms with Crippen molar-refractivity contribution >= 4 is 157 Å². The Morgan fingerprint density at radius 2 is 0.643 bits per heavy atom. The second-order valence-corrected chi connectivity index (χ2v) is 23.0. The summed E-state index contributed by atoms with van der Waals surface area (Å²) in [5, 5.41) is 2.23. The molecule has 0 bridgehead atoms. The van der Waals surface area contributed by atoms with Crippen molar-refractivity contribution < 1.29 is 37.9 Å². The van der Waals surface area contributed by atoms with Crippen LogP contribution >= 0.6 is 157 Å². The van der Waals surface area contributed by atoms with E-state index < -0.39 is 0 Å². The molecule has 20 heteroatoms. The van der Waals surface area contributed by atoms with Gasteiger partial charge in [0.25, 0.3) is 0 Å². The van der Waals surface area contributed by atoms with E-state index in [1.807, 2.05) is 50.3 Å². The molecule has 4 aromatic carbocycles. The molecule has 0 aliphatic heterocycles. The highest BCUT2D eigenvalue weighted by Crippen LogP contribution is 2.37. The Bertz CT molecular complexity index is 2170. The summed E-state index contributed by atoms with van der Waals surface area (Å²) in [4.78, 5) is 0. The first kappa shape index (κ1) is 66.5. The van der Waals surface area contributed by atoms with E-state index in [4.69, 9.17) is 131 Å². The number of methoxy groups -OCH3 is 4. The number of aryl methyl sites for hydroxylation is 4. The lowest BCUT2D eigenvalue weighted by molar-refractivity contribution is 0.359. The predicted octanol–water partition coefficient (Wildman–Crippen LogP) is 19.8. The number of hydrogen-bond donors (Lipinski definition) is 0. The van der Waals surface area contributed by atoms with E-state index in [2.05, 4.69) is 77.6 Å². The molecule has 0 amide bonds. The second-order valence-electron chi connectivity index (χ2n) is 13.8. The SMILES string of the molecule is CCCc1cc(OCC=C(Br)Br)cc(Cl)c1OC.CCCc1cc(OCC=C(Cl)Cl)cc(Cl)c1OC.CCc1cc(OCC=C(Br)Br)cc(Cl)c1OC.CCc1cc(OCC=C(Cl)Cl)cc(Cl)c1OC. The fraction of sp³-hybridized carbons (Fsp3) is 0.360. The first-order valence-electron chi connectivity index (χ1n) is 21.3. The highest BCUT2D eigenvalue weighted by Gasteiger charge is 2.13. The third-order valence-electron chi connectivity index (χ3n) is 8.94. The van der Waals surface area contributed by atoms with Gasteiger partial charge in [-0.15, -0.1) is 0 Å². The van der Waals surface area contributed by atoms with Crippen LogP contribution in [-0.2, 0) is 25.7 Å². The molecule has 0 heterocycles. The average molecular weight is 1390 g/mol. The van der Waals surface area contributed by atoms with Gasteiger partial charge < -0.3 is 37.9 Å². The zero-order valence-electron chi connectivity index (χ0n) is 39.8. The number of benzene rings is 4. The Labute approximate surface area is 487 Å². The summed E-state index contributed by atoms with van der Waals surface area (Å²) < 4.78 is 45.3. The first-order valence-corrected chi connectivity index (χ1v) is 27.5. The number of halogens is 12. The van der Waals surface area contributed by atoms with Crippen LogP contribution in [0.3, 0.4) is 0 Å². The standard InChI is InChI=1S/C13H15Br2ClO2.C13H15Cl3O2.C12H13Br2ClO2.C12H13Cl3O2/c1-3-4-9-7-10(18-6-5-12(14)15)8-11(16)13(9)17-2;1-3-4-9-7-10(18-6-5-12(15)16)8-11(14)13(9)17-2;1-3-8-6-9(17-5-4-11(13)14)7-10(15)12(8)16-2;1-3-8-6-9(17-5-4-11(14)15)7-10(13)12(8)16-2/h2*5,7-8H,3-4,6H2,1-2H3;2*4,6-7H,3,5H2,1-2H3. The van der Waals surface area contributed by atoms with Gasteiger partial charge in [0.2, 0.25) is 0 Å². The molecule has 0 spiro atoms. The molecular formula is C50H56Br4Cl8O8. The molecule has 0 aliphatic rings. The highest BCUT2D eigenvalue weighted by molar-refractivity contribution is 9.28. The summed E-state index contributed by atoms with van der Waals surface area (Å²) in [6.45, 7) is 9.82. The summed E-state index contributed by atoms with van der Waals surface area (Å²) in [6.07, 6.45) is 12.4. The van der Waals surface area contributed by atoms with Gasteiger partial charge in [-0.1, -0.05) is 133 Å². The maximum absolute atomic E-state index is 6.17. The normalized spacial score (nSPS) is 10.0. The van der Waals surface area contributed by atoms with Crippen molar-refractivity contribution in [3.63, 3.8) is 0 Å². The summed E-state index contributed by atoms with van der Waals surface area (Å²) in [5.74, 6) is 5.69. The zero-order valence-corrected chi connectivity index (χ0v) is 52.2. The number of ether oxygens (including phenoxy) is 8. The van der Waals surface area contributed by atoms with Crippen molar-refractivity contribution in [1.82, 2.24) is 0 Å². The molecule has 0 unspecified atom stereocenters. The van der Waals surface area contributed by atoms with Crippen molar-refractivity contribution in [2.75, 3.05) is 54.9 Å². The molecule has 0 aliphatic carbocycles. The Kier molecular flexibility index (Phi) is 36.2. The van der Waals surface area contributed by atoms with Crippen LogP contribution in [0.25, 0.3) is 0 Å². The molecular weight excluding hydrogens is 1330 g/mol. The molecule has 388 valence electrons. The predicted molar refractivity (Wildman–Crippen MR) is 312 cm³/mol. The summed E-state index contributed by atoms with van der Waals surface area (Å²) in [7, 11) is 6.45. The Hall–Kier alpha value is -1.52. The molecule has 0 saturated carbocycles. The van der Waals surface area contributed by atoms with E-state index in [1.165, 1.54) is 0 Å². The molecule has 0 atom stereocenters. The zero-order chi connectivity index (χ0) is 52.8. The molecule has 0 N–H and O–H groups in total. The van der Waals surface area contributed by atoms with Gasteiger partial charge in [0.05, 0.1) is 55.3 Å². The van der Waals surface area contributed by atoms with Gasteiger partial charge in [-0.2, -0.15) is 0 Å². The number of rotatable bonds is 22. The Morgan fingerprint density at radius 3 is 0.857 bits per heavy atom. The van der Waals surface area contributed by atoms with E-state index in [-0.39, 0.29) is 8.98 Å². The summed E-state index contributed by atoms with van der Waals surface area (Å²) in [5.41, 5.74) is 4.14. The Morgan fingerprint density at radius 1 is 0.400 bits per heavy atom. The molecule has 8 nitrogen and oxygen atoms in total. The average Bonchev–Trinajstić information content (AvgIpc) is 3.29. The van der Waals surface area contributed by atoms with Gasteiger partial charge in [0.15, 0.2) is 0 Å². The summed E-state index contributed by atoms with van der Waals surface area (Å²) >= 11 is 59.6. The van der Waals surface area contributed by atoms with Crippen molar-refractivity contribution in [2.45, 2.75) is 66.2 Å². The van der Waals surface area contributed by atoms with Crippen LogP contribution in [0.5, 0.6) is 46.0 Å². The van der Waals surface area contributed by atoms with Crippen LogP contribution in [0.2, 0.25) is 20.1 Å². The number of hydrogen-bond acceptors (Lipinski definition) is 8. The van der Waals surface area contributed by atoms with Gasteiger partial charge in [0.1, 0.15) is 81.4 Å². The molecule has 0 saturated heterocycles. The van der Waals surface area contributed by atoms with Crippen molar-refractivity contribution in [3.05, 3.63) is 131 Å². The van der Waals surface area contributed by atoms with Gasteiger partial charge in [0, 0.05) is 24.3 Å². The lowest BCUT2D eigenvalue weighted by atomic mass is 10.1. The van der Waals surface area contributed by atoms with Crippen LogP contribution in [0.4, 0.5) is 0 Å². The van der Waals surface area contributed by atoms with E-state index in [1.54, 1.807) is 64.9 Å². The smallest absolute Gasteiger partial charge is 0.140 e. The quantitative estimate of drug-likeness (QED) is 0.0771. The maximum atomic E-state index is 6.17. The minimum Gasteiger partial charge on any atom is -0.495 e. The van der Waals surface area contributed by atoms with Crippen LogP contribution < -0.4 is 37.9 Å². The van der Waals surface area contributed by atoms with Crippen LogP contribution in [0, 0.1) is 0 Å². The lowest BCUT2D eigenvalue weighted by Gasteiger charge is -2.12. The van der Waals surface area contributed by atoms with Crippen molar-refractivity contribution in [2.24, 2.45) is 0 Å². The molecule has 0 fully saturated rings. The fourth-order valence-corrected chi connectivity index (χ4v) is 7.98. The minimum absolute atomic E-state index is 0.181. The highest BCUT2D eigenvalue weighted by atomic mass is 79.9. The fourth-order valence-electron chi connectivity index (χ4n) is 5.98. The van der Waals surface area contributed by atoms with E-state index in [9.17, 15) is 0 Å². The van der Waals surface area contributed by atoms with Gasteiger partial charge >= 0.3 is 0 Å². The topological polar surface area (TPSA) is 73.8 Å². The minimum atomic E-state index is 0.181. The Balaban J connectivity index is 0.000000467. The third-order valence-corrected chi connectivity index (χ3v) is 12.0. The third kappa shape index (κ3) is 26.1. The van der Waals surface area contributed by atoms with E-state index in [0.717, 1.165) is 90.6 Å². The first-order chi connectivity index (χ1) is 33.3. The largest absolute Gasteiger partial charge is 0.495 e. The van der Waals surface area contributed by atoms with Gasteiger partial charge in [-0.25, -0.2) is 0 Å². The summed E-state index contributed by atoms with van der Waals surface area (Å²) in [6, 6.07) is 14.7. The molecule has 0 radical (unpaired) electrons. The van der Waals surface area contributed by atoms with Crippen LogP contribution in [0.15, 0.2) is 88.6 Å². The second kappa shape index (κ2) is 38.1. The van der Waals surface area contributed by atoms with E-state index >= 15 is 0 Å². The monoisotopic (exact) mass is 1380 g/mol. The van der Waals surface area contributed by atoms with Crippen LogP contribution in [0.1, 0.15) is 62.8 Å². The molecule has 70 heavy (non-hydrogen) atoms. The van der Waals surface area contributed by atoms with Gasteiger partial charge in [-0.3, -0.25) is 0 Å². The van der Waals surface area contributed by atoms with Crippen LogP contribution in [-0.4, -0.2) is 54.9 Å². The van der Waals surface area contributed by atoms with Crippen molar-refractivity contribution in [3.8, 4) is 46.0 Å². The molecule has 0 aromatic heterocycles. The van der Waals surface area contributed by atoms with Gasteiger partial charge in [-0.05, 0) is 160 Å². The lowest BCUT2D eigenvalue weighted by Crippen LogP contribution is -1.98. The maximum Gasteiger partial charge on any atom is 0.140 e. The van der Waals surface area contributed by atoms with E-state index in [0.29, 0.717) is 69.5 Å². The molecule has 4 rings (SSSR count).